The number of ether oxygens (including phenoxy) is 1. The van der Waals surface area contributed by atoms with Crippen molar-refractivity contribution in [2.45, 2.75) is 45.1 Å². The molecule has 0 aromatic heterocycles. The fourth-order valence-electron chi connectivity index (χ4n) is 4.65. The van der Waals surface area contributed by atoms with Crippen LogP contribution in [0.2, 0.25) is 0 Å². The summed E-state index contributed by atoms with van der Waals surface area (Å²) in [6.07, 6.45) is 6.42. The number of hydrogen-bond acceptors (Lipinski definition) is 4. The summed E-state index contributed by atoms with van der Waals surface area (Å²) in [5.41, 5.74) is 0.359. The Bertz CT molecular complexity index is 428. The number of rotatable bonds is 8. The van der Waals surface area contributed by atoms with Gasteiger partial charge in [0, 0.05) is 72.1 Å². The summed E-state index contributed by atoms with van der Waals surface area (Å²) in [6.45, 7) is 12.0. The molecule has 3 heterocycles. The molecule has 0 radical (unpaired) electrons. The van der Waals surface area contributed by atoms with Crippen molar-refractivity contribution in [3.8, 4) is 0 Å². The Labute approximate surface area is 153 Å². The minimum absolute atomic E-state index is 0.359. The van der Waals surface area contributed by atoms with Crippen molar-refractivity contribution in [2.24, 2.45) is 10.4 Å². The SMILES string of the molecule is CCNC(=NCC1(CCOC)CCCC1)NCC1CN2CCN1CC2. The number of hydrogen-bond donors (Lipinski definition) is 2. The number of piperazine rings is 3. The van der Waals surface area contributed by atoms with Crippen molar-refractivity contribution in [2.75, 3.05) is 66.1 Å². The van der Waals surface area contributed by atoms with E-state index in [-0.39, 0.29) is 0 Å². The Morgan fingerprint density at radius 1 is 1.16 bits per heavy atom. The van der Waals surface area contributed by atoms with Gasteiger partial charge in [0.15, 0.2) is 5.96 Å². The van der Waals surface area contributed by atoms with E-state index in [0.29, 0.717) is 11.5 Å². The van der Waals surface area contributed by atoms with Gasteiger partial charge in [0.1, 0.15) is 0 Å². The van der Waals surface area contributed by atoms with Gasteiger partial charge in [-0.25, -0.2) is 0 Å². The van der Waals surface area contributed by atoms with Gasteiger partial charge < -0.3 is 15.4 Å². The molecule has 6 nitrogen and oxygen atoms in total. The first kappa shape index (κ1) is 18.9. The highest BCUT2D eigenvalue weighted by Crippen LogP contribution is 2.41. The summed E-state index contributed by atoms with van der Waals surface area (Å²) < 4.78 is 5.35. The lowest BCUT2D eigenvalue weighted by molar-refractivity contribution is 0.0154. The first-order chi connectivity index (χ1) is 12.2. The topological polar surface area (TPSA) is 52.1 Å². The van der Waals surface area contributed by atoms with Gasteiger partial charge in [0.2, 0.25) is 0 Å². The molecule has 6 heteroatoms. The van der Waals surface area contributed by atoms with Crippen LogP contribution in [0.25, 0.3) is 0 Å². The first-order valence-corrected chi connectivity index (χ1v) is 10.2. The molecule has 0 aromatic rings. The molecule has 3 saturated heterocycles. The molecule has 2 N–H and O–H groups in total. The Morgan fingerprint density at radius 3 is 2.52 bits per heavy atom. The lowest BCUT2D eigenvalue weighted by Crippen LogP contribution is -2.63. The zero-order chi connectivity index (χ0) is 17.5. The summed E-state index contributed by atoms with van der Waals surface area (Å²) in [7, 11) is 1.81. The van der Waals surface area contributed by atoms with E-state index in [0.717, 1.165) is 38.6 Å². The summed E-state index contributed by atoms with van der Waals surface area (Å²) in [5.74, 6) is 0.990. The molecule has 1 atom stereocenters. The van der Waals surface area contributed by atoms with Gasteiger partial charge >= 0.3 is 0 Å². The fourth-order valence-corrected chi connectivity index (χ4v) is 4.65. The van der Waals surface area contributed by atoms with Crippen LogP contribution >= 0.6 is 0 Å². The van der Waals surface area contributed by atoms with Crippen molar-refractivity contribution < 1.29 is 4.74 Å². The van der Waals surface area contributed by atoms with Gasteiger partial charge in [0.05, 0.1) is 0 Å². The normalized spacial score (nSPS) is 31.3. The molecule has 4 fully saturated rings. The van der Waals surface area contributed by atoms with Crippen LogP contribution in [-0.4, -0.2) is 87.9 Å². The second-order valence-electron chi connectivity index (χ2n) is 8.02. The number of aliphatic imine (C=N–C) groups is 1. The van der Waals surface area contributed by atoms with Crippen molar-refractivity contribution >= 4 is 5.96 Å². The number of nitrogens with one attached hydrogen (secondary N) is 2. The van der Waals surface area contributed by atoms with Crippen LogP contribution < -0.4 is 10.6 Å². The Balaban J connectivity index is 1.53. The van der Waals surface area contributed by atoms with Gasteiger partial charge in [-0.1, -0.05) is 12.8 Å². The van der Waals surface area contributed by atoms with E-state index in [2.05, 4.69) is 27.4 Å². The minimum Gasteiger partial charge on any atom is -0.385 e. The van der Waals surface area contributed by atoms with Gasteiger partial charge in [0.25, 0.3) is 0 Å². The maximum atomic E-state index is 5.35. The van der Waals surface area contributed by atoms with E-state index < -0.39 is 0 Å². The van der Waals surface area contributed by atoms with Crippen molar-refractivity contribution in [1.29, 1.82) is 0 Å². The Hall–Kier alpha value is -0.850. The molecular weight excluding hydrogens is 314 g/mol. The van der Waals surface area contributed by atoms with Crippen LogP contribution in [-0.2, 0) is 4.74 Å². The number of methoxy groups -OCH3 is 1. The number of fused-ring (bicyclic) bond motifs is 3. The third-order valence-electron chi connectivity index (χ3n) is 6.31. The van der Waals surface area contributed by atoms with Crippen LogP contribution in [0.1, 0.15) is 39.0 Å². The van der Waals surface area contributed by atoms with Crippen LogP contribution in [0.4, 0.5) is 0 Å². The van der Waals surface area contributed by atoms with Crippen LogP contribution in [0.5, 0.6) is 0 Å². The summed E-state index contributed by atoms with van der Waals surface area (Å²) in [6, 6.07) is 0.625. The maximum absolute atomic E-state index is 5.35. The predicted molar refractivity (Wildman–Crippen MR) is 103 cm³/mol. The van der Waals surface area contributed by atoms with E-state index in [1.807, 2.05) is 0 Å². The predicted octanol–water partition coefficient (Wildman–Crippen LogP) is 1.14. The van der Waals surface area contributed by atoms with Gasteiger partial charge in [-0.15, -0.1) is 0 Å². The van der Waals surface area contributed by atoms with Crippen LogP contribution in [0, 0.1) is 5.41 Å². The molecule has 0 spiro atoms. The zero-order valence-electron chi connectivity index (χ0n) is 16.2. The fraction of sp³-hybridized carbons (Fsp3) is 0.947. The first-order valence-electron chi connectivity index (χ1n) is 10.2. The summed E-state index contributed by atoms with van der Waals surface area (Å²) >= 11 is 0. The highest BCUT2D eigenvalue weighted by molar-refractivity contribution is 5.79. The lowest BCUT2D eigenvalue weighted by Gasteiger charge is -2.47. The molecule has 0 aromatic carbocycles. The zero-order valence-corrected chi connectivity index (χ0v) is 16.2. The van der Waals surface area contributed by atoms with Gasteiger partial charge in [-0.3, -0.25) is 14.8 Å². The summed E-state index contributed by atoms with van der Waals surface area (Å²) in [5, 5.41) is 7.05. The molecule has 144 valence electrons. The molecule has 3 aliphatic heterocycles. The molecule has 4 aliphatic rings. The lowest BCUT2D eigenvalue weighted by atomic mass is 9.83. The smallest absolute Gasteiger partial charge is 0.191 e. The molecule has 1 aliphatic carbocycles. The molecule has 1 saturated carbocycles. The summed E-state index contributed by atoms with van der Waals surface area (Å²) in [4.78, 5) is 10.2. The average Bonchev–Trinajstić information content (AvgIpc) is 3.12. The molecule has 25 heavy (non-hydrogen) atoms. The van der Waals surface area contributed by atoms with E-state index in [4.69, 9.17) is 9.73 Å². The minimum atomic E-state index is 0.359. The third kappa shape index (κ3) is 5.08. The standard InChI is InChI=1S/C19H37N5O/c1-3-20-18(21-14-17-15-23-9-11-24(17)12-10-23)22-16-19(8-13-25-2)6-4-5-7-19/h17H,3-16H2,1-2H3,(H2,20,21,22). The second-order valence-corrected chi connectivity index (χ2v) is 8.02. The van der Waals surface area contributed by atoms with E-state index >= 15 is 0 Å². The molecule has 2 bridgehead atoms. The van der Waals surface area contributed by atoms with Crippen molar-refractivity contribution in [3.05, 3.63) is 0 Å². The quantitative estimate of drug-likeness (QED) is 0.507. The third-order valence-corrected chi connectivity index (χ3v) is 6.31. The van der Waals surface area contributed by atoms with Gasteiger partial charge in [-0.2, -0.15) is 0 Å². The van der Waals surface area contributed by atoms with E-state index in [1.54, 1.807) is 7.11 Å². The average molecular weight is 352 g/mol. The number of nitrogens with zero attached hydrogens (tertiary/aromatic N) is 3. The molecule has 1 unspecified atom stereocenters. The largest absolute Gasteiger partial charge is 0.385 e. The van der Waals surface area contributed by atoms with E-state index in [9.17, 15) is 0 Å². The Kier molecular flexibility index (Phi) is 6.96. The molecule has 0 amide bonds. The monoisotopic (exact) mass is 351 g/mol. The second kappa shape index (κ2) is 9.19. The van der Waals surface area contributed by atoms with Gasteiger partial charge in [-0.05, 0) is 31.6 Å². The highest BCUT2D eigenvalue weighted by Gasteiger charge is 2.34. The number of guanidine groups is 1. The van der Waals surface area contributed by atoms with E-state index in [1.165, 1.54) is 58.4 Å². The molecule has 4 rings (SSSR count). The highest BCUT2D eigenvalue weighted by atomic mass is 16.5. The Morgan fingerprint density at radius 2 is 1.92 bits per heavy atom. The van der Waals surface area contributed by atoms with Crippen molar-refractivity contribution in [1.82, 2.24) is 20.4 Å². The maximum Gasteiger partial charge on any atom is 0.191 e. The van der Waals surface area contributed by atoms with Crippen molar-refractivity contribution in [3.63, 3.8) is 0 Å². The van der Waals surface area contributed by atoms with Crippen LogP contribution in [0.15, 0.2) is 4.99 Å². The van der Waals surface area contributed by atoms with Crippen LogP contribution in [0.3, 0.4) is 0 Å². The molecular formula is C19H37N5O.